The Morgan fingerprint density at radius 3 is 1.89 bits per heavy atom. The largest absolute Gasteiger partial charge is 0.462 e. The highest BCUT2D eigenvalue weighted by molar-refractivity contribution is 5.68. The molecule has 0 saturated carbocycles. The average Bonchev–Trinajstić information content (AvgIpc) is 2.53. The summed E-state index contributed by atoms with van der Waals surface area (Å²) in [7, 11) is 1.26. The summed E-state index contributed by atoms with van der Waals surface area (Å²) in [6.45, 7) is 4.13. The van der Waals surface area contributed by atoms with Crippen LogP contribution in [0.2, 0.25) is 0 Å². The minimum Gasteiger partial charge on any atom is -0.462 e. The molecule has 0 amide bonds. The van der Waals surface area contributed by atoms with Gasteiger partial charge in [-0.3, -0.25) is 19.2 Å². The lowest BCUT2D eigenvalue weighted by Gasteiger charge is -2.44. The maximum Gasteiger partial charge on any atom is 0.303 e. The molecule has 27 heavy (non-hydrogen) atoms. The van der Waals surface area contributed by atoms with Gasteiger partial charge in [0.15, 0.2) is 24.6 Å². The molecule has 1 aliphatic heterocycles. The minimum absolute atomic E-state index is 0.392. The molecule has 0 radical (unpaired) electrons. The van der Waals surface area contributed by atoms with E-state index >= 15 is 0 Å². The number of rotatable bonds is 7. The third-order valence-corrected chi connectivity index (χ3v) is 3.56. The van der Waals surface area contributed by atoms with Crippen LogP contribution in [-0.4, -0.2) is 79.5 Å². The monoisotopic (exact) mass is 392 g/mol. The van der Waals surface area contributed by atoms with Gasteiger partial charge in [-0.2, -0.15) is 0 Å². The number of aliphatic hydroxyl groups is 1. The summed E-state index contributed by atoms with van der Waals surface area (Å²) in [5, 5.41) is 10.3. The normalized spacial score (nSPS) is 28.6. The molecular weight excluding hydrogens is 368 g/mol. The molecule has 1 unspecified atom stereocenters. The van der Waals surface area contributed by atoms with E-state index in [9.17, 15) is 24.3 Å². The highest BCUT2D eigenvalue weighted by Gasteiger charge is 2.53. The summed E-state index contributed by atoms with van der Waals surface area (Å²) in [4.78, 5) is 45.3. The van der Waals surface area contributed by atoms with Crippen molar-refractivity contribution in [3.63, 3.8) is 0 Å². The van der Waals surface area contributed by atoms with Crippen LogP contribution in [0.3, 0.4) is 0 Å². The number of hydrogen-bond donors (Lipinski definition) is 1. The maximum absolute atomic E-state index is 11.5. The van der Waals surface area contributed by atoms with Crippen molar-refractivity contribution >= 4 is 23.9 Å². The number of aliphatic hydroxyl groups excluding tert-OH is 1. The van der Waals surface area contributed by atoms with E-state index in [0.717, 1.165) is 27.7 Å². The first-order chi connectivity index (χ1) is 12.6. The van der Waals surface area contributed by atoms with Crippen molar-refractivity contribution in [2.24, 2.45) is 0 Å². The Morgan fingerprint density at radius 2 is 1.44 bits per heavy atom. The van der Waals surface area contributed by atoms with Gasteiger partial charge in [-0.1, -0.05) is 0 Å². The van der Waals surface area contributed by atoms with E-state index in [2.05, 4.69) is 0 Å². The molecule has 0 aromatic carbocycles. The van der Waals surface area contributed by atoms with E-state index in [1.54, 1.807) is 0 Å². The average molecular weight is 392 g/mol. The fourth-order valence-electron chi connectivity index (χ4n) is 2.67. The number of methoxy groups -OCH3 is 1. The van der Waals surface area contributed by atoms with E-state index in [0.29, 0.717) is 0 Å². The van der Waals surface area contributed by atoms with E-state index in [-0.39, 0.29) is 0 Å². The predicted molar refractivity (Wildman–Crippen MR) is 85.0 cm³/mol. The number of ether oxygens (including phenoxy) is 6. The Hall–Kier alpha value is -2.24. The molecule has 1 fully saturated rings. The van der Waals surface area contributed by atoms with Crippen molar-refractivity contribution in [1.29, 1.82) is 0 Å². The second kappa shape index (κ2) is 10.2. The fourth-order valence-corrected chi connectivity index (χ4v) is 2.67. The van der Waals surface area contributed by atoms with E-state index in [1.807, 2.05) is 0 Å². The standard InChI is InChI=1S/C16H24O11/c1-7(17)23-6-11(24-8(2)18)12-13(22-5)14(25-9(3)19)15(16(21)27-12)26-10(4)20/h11-16,21H,6H2,1-5H3/t11-,12-,13-,14+,15-,16?/m1/s1. The fraction of sp³-hybridized carbons (Fsp3) is 0.750. The molecule has 154 valence electrons. The second-order valence-corrected chi connectivity index (χ2v) is 5.79. The van der Waals surface area contributed by atoms with Gasteiger partial charge < -0.3 is 33.5 Å². The van der Waals surface area contributed by atoms with E-state index in [4.69, 9.17) is 28.4 Å². The third-order valence-electron chi connectivity index (χ3n) is 3.56. The molecule has 0 aromatic heterocycles. The first kappa shape index (κ1) is 22.8. The molecule has 11 nitrogen and oxygen atoms in total. The van der Waals surface area contributed by atoms with Crippen LogP contribution in [-0.2, 0) is 47.6 Å². The molecule has 0 aliphatic carbocycles. The first-order valence-electron chi connectivity index (χ1n) is 8.08. The summed E-state index contributed by atoms with van der Waals surface area (Å²) in [6, 6.07) is 0. The van der Waals surface area contributed by atoms with Gasteiger partial charge in [-0.05, 0) is 0 Å². The molecule has 0 bridgehead atoms. The van der Waals surface area contributed by atoms with Crippen molar-refractivity contribution in [3.8, 4) is 0 Å². The van der Waals surface area contributed by atoms with Gasteiger partial charge >= 0.3 is 23.9 Å². The molecule has 1 heterocycles. The topological polar surface area (TPSA) is 144 Å². The summed E-state index contributed by atoms with van der Waals surface area (Å²) in [5.74, 6) is -2.81. The van der Waals surface area contributed by atoms with Gasteiger partial charge in [0, 0.05) is 34.8 Å². The summed E-state index contributed by atoms with van der Waals surface area (Å²) in [6.07, 6.45) is -7.84. The molecule has 1 N–H and O–H groups in total. The van der Waals surface area contributed by atoms with Crippen LogP contribution in [0, 0.1) is 0 Å². The number of carbonyl (C=O) groups excluding carboxylic acids is 4. The summed E-state index contributed by atoms with van der Waals surface area (Å²) >= 11 is 0. The SMILES string of the molecule is CO[C@@H]1[C@@H]([C@@H](COC(C)=O)OC(C)=O)OC(O)[C@H](OC(C)=O)[C@H]1OC(C)=O. The zero-order chi connectivity index (χ0) is 20.7. The van der Waals surface area contributed by atoms with E-state index < -0.39 is 67.3 Å². The molecule has 11 heteroatoms. The van der Waals surface area contributed by atoms with Crippen LogP contribution in [0.25, 0.3) is 0 Å². The van der Waals surface area contributed by atoms with Crippen molar-refractivity contribution in [3.05, 3.63) is 0 Å². The second-order valence-electron chi connectivity index (χ2n) is 5.79. The van der Waals surface area contributed by atoms with Crippen LogP contribution in [0.1, 0.15) is 27.7 Å². The van der Waals surface area contributed by atoms with Crippen LogP contribution in [0.5, 0.6) is 0 Å². The molecule has 1 rings (SSSR count). The number of carbonyl (C=O) groups is 4. The van der Waals surface area contributed by atoms with Crippen LogP contribution < -0.4 is 0 Å². The Labute approximate surface area is 155 Å². The summed E-state index contributed by atoms with van der Waals surface area (Å²) < 4.78 is 30.8. The zero-order valence-corrected chi connectivity index (χ0v) is 15.7. The maximum atomic E-state index is 11.5. The molecule has 0 aromatic rings. The molecule has 1 saturated heterocycles. The van der Waals surface area contributed by atoms with E-state index in [1.165, 1.54) is 7.11 Å². The molecular formula is C16H24O11. The van der Waals surface area contributed by atoms with Gasteiger partial charge in [-0.15, -0.1) is 0 Å². The Bertz CT molecular complexity index is 561. The van der Waals surface area contributed by atoms with Crippen molar-refractivity contribution < 1.29 is 52.7 Å². The van der Waals surface area contributed by atoms with Crippen LogP contribution in [0.15, 0.2) is 0 Å². The lowest BCUT2D eigenvalue weighted by atomic mass is 9.94. The Kier molecular flexibility index (Phi) is 8.60. The number of esters is 4. The lowest BCUT2D eigenvalue weighted by molar-refractivity contribution is -0.308. The van der Waals surface area contributed by atoms with Crippen molar-refractivity contribution in [2.45, 2.75) is 64.5 Å². The lowest BCUT2D eigenvalue weighted by Crippen LogP contribution is -2.64. The van der Waals surface area contributed by atoms with Gasteiger partial charge in [0.25, 0.3) is 0 Å². The first-order valence-corrected chi connectivity index (χ1v) is 8.08. The van der Waals surface area contributed by atoms with Gasteiger partial charge in [0.2, 0.25) is 0 Å². The third kappa shape index (κ3) is 6.77. The summed E-state index contributed by atoms with van der Waals surface area (Å²) in [5.41, 5.74) is 0. The zero-order valence-electron chi connectivity index (χ0n) is 15.7. The van der Waals surface area contributed by atoms with Gasteiger partial charge in [0.05, 0.1) is 0 Å². The van der Waals surface area contributed by atoms with Crippen molar-refractivity contribution in [2.75, 3.05) is 13.7 Å². The predicted octanol–water partition coefficient (Wildman–Crippen LogP) is -0.923. The minimum atomic E-state index is -1.72. The van der Waals surface area contributed by atoms with Crippen molar-refractivity contribution in [1.82, 2.24) is 0 Å². The van der Waals surface area contributed by atoms with Gasteiger partial charge in [-0.25, -0.2) is 0 Å². The molecule has 0 spiro atoms. The Morgan fingerprint density at radius 1 is 0.889 bits per heavy atom. The van der Waals surface area contributed by atoms with Gasteiger partial charge in [0.1, 0.15) is 18.8 Å². The highest BCUT2D eigenvalue weighted by atomic mass is 16.7. The highest BCUT2D eigenvalue weighted by Crippen LogP contribution is 2.30. The smallest absolute Gasteiger partial charge is 0.303 e. The quantitative estimate of drug-likeness (QED) is 0.424. The van der Waals surface area contributed by atoms with Crippen LogP contribution in [0.4, 0.5) is 0 Å². The number of hydrogen-bond acceptors (Lipinski definition) is 11. The van der Waals surface area contributed by atoms with Crippen LogP contribution >= 0.6 is 0 Å². The molecule has 6 atom stereocenters. The molecule has 1 aliphatic rings. The Balaban J connectivity index is 3.19.